The number of hydrogen-bond acceptors (Lipinski definition) is 6. The Morgan fingerprint density at radius 2 is 1.85 bits per heavy atom. The molecule has 4 rings (SSSR count). The third kappa shape index (κ3) is 3.48. The van der Waals surface area contributed by atoms with Crippen molar-refractivity contribution in [1.29, 1.82) is 0 Å². The van der Waals surface area contributed by atoms with Gasteiger partial charge < -0.3 is 10.2 Å². The first kappa shape index (κ1) is 17.4. The van der Waals surface area contributed by atoms with Crippen molar-refractivity contribution in [2.75, 3.05) is 23.0 Å². The summed E-state index contributed by atoms with van der Waals surface area (Å²) in [6, 6.07) is 12.3. The van der Waals surface area contributed by atoms with E-state index in [9.17, 15) is 13.2 Å². The van der Waals surface area contributed by atoms with Crippen LogP contribution in [0.4, 0.5) is 17.2 Å². The SMILES string of the molecule is CS(=O)(=O)c1ccc2ncnc(Nc3ccc(N4CCCC4=O)cc3)c2c1. The number of hydrogen-bond donors (Lipinski definition) is 1. The van der Waals surface area contributed by atoms with Crippen LogP contribution in [0.2, 0.25) is 0 Å². The Kier molecular flexibility index (Phi) is 4.27. The van der Waals surface area contributed by atoms with E-state index in [2.05, 4.69) is 15.3 Å². The van der Waals surface area contributed by atoms with Gasteiger partial charge in [-0.25, -0.2) is 18.4 Å². The van der Waals surface area contributed by atoms with Crippen molar-refractivity contribution in [2.24, 2.45) is 0 Å². The number of carbonyl (C=O) groups excluding carboxylic acids is 1. The molecule has 1 amide bonds. The summed E-state index contributed by atoms with van der Waals surface area (Å²) in [6.45, 7) is 0.746. The number of nitrogens with zero attached hydrogens (tertiary/aromatic N) is 3. The molecule has 27 heavy (non-hydrogen) atoms. The molecule has 1 saturated heterocycles. The summed E-state index contributed by atoms with van der Waals surface area (Å²) >= 11 is 0. The molecule has 0 spiro atoms. The topological polar surface area (TPSA) is 92.3 Å². The summed E-state index contributed by atoms with van der Waals surface area (Å²) < 4.78 is 23.7. The van der Waals surface area contributed by atoms with Gasteiger partial charge in [0.2, 0.25) is 5.91 Å². The highest BCUT2D eigenvalue weighted by atomic mass is 32.2. The van der Waals surface area contributed by atoms with Crippen molar-refractivity contribution in [3.63, 3.8) is 0 Å². The first-order valence-electron chi connectivity index (χ1n) is 8.54. The zero-order valence-electron chi connectivity index (χ0n) is 14.7. The van der Waals surface area contributed by atoms with Crippen molar-refractivity contribution in [3.8, 4) is 0 Å². The fourth-order valence-corrected chi connectivity index (χ4v) is 3.80. The summed E-state index contributed by atoms with van der Waals surface area (Å²) in [4.78, 5) is 22.3. The van der Waals surface area contributed by atoms with Gasteiger partial charge in [0.15, 0.2) is 9.84 Å². The number of sulfone groups is 1. The highest BCUT2D eigenvalue weighted by Gasteiger charge is 2.21. The van der Waals surface area contributed by atoms with Crippen LogP contribution in [0.15, 0.2) is 53.7 Å². The van der Waals surface area contributed by atoms with Crippen LogP contribution in [0.1, 0.15) is 12.8 Å². The van der Waals surface area contributed by atoms with E-state index in [0.29, 0.717) is 23.1 Å². The lowest BCUT2D eigenvalue weighted by Crippen LogP contribution is -2.23. The van der Waals surface area contributed by atoms with Crippen LogP contribution in [-0.4, -0.2) is 37.1 Å². The second-order valence-corrected chi connectivity index (χ2v) is 8.51. The van der Waals surface area contributed by atoms with Gasteiger partial charge in [-0.3, -0.25) is 4.79 Å². The normalized spacial score (nSPS) is 14.7. The molecule has 138 valence electrons. The Morgan fingerprint density at radius 1 is 1.07 bits per heavy atom. The first-order chi connectivity index (χ1) is 12.9. The largest absolute Gasteiger partial charge is 0.340 e. The number of anilines is 3. The lowest BCUT2D eigenvalue weighted by atomic mass is 10.2. The quantitative estimate of drug-likeness (QED) is 0.746. The van der Waals surface area contributed by atoms with Crippen LogP contribution in [0.25, 0.3) is 10.9 Å². The van der Waals surface area contributed by atoms with E-state index in [4.69, 9.17) is 0 Å². The summed E-state index contributed by atoms with van der Waals surface area (Å²) in [5.41, 5.74) is 2.31. The van der Waals surface area contributed by atoms with Crippen LogP contribution < -0.4 is 10.2 Å². The van der Waals surface area contributed by atoms with Crippen molar-refractivity contribution < 1.29 is 13.2 Å². The summed E-state index contributed by atoms with van der Waals surface area (Å²) in [7, 11) is -3.33. The van der Waals surface area contributed by atoms with Crippen LogP contribution >= 0.6 is 0 Å². The highest BCUT2D eigenvalue weighted by molar-refractivity contribution is 7.90. The Labute approximate surface area is 157 Å². The zero-order valence-corrected chi connectivity index (χ0v) is 15.5. The van der Waals surface area contributed by atoms with Crippen LogP contribution in [-0.2, 0) is 14.6 Å². The zero-order chi connectivity index (χ0) is 19.0. The van der Waals surface area contributed by atoms with Gasteiger partial charge >= 0.3 is 0 Å². The fourth-order valence-electron chi connectivity index (χ4n) is 3.15. The van der Waals surface area contributed by atoms with E-state index >= 15 is 0 Å². The minimum absolute atomic E-state index is 0.144. The van der Waals surface area contributed by atoms with Gasteiger partial charge in [-0.2, -0.15) is 0 Å². The van der Waals surface area contributed by atoms with E-state index in [1.54, 1.807) is 17.0 Å². The smallest absolute Gasteiger partial charge is 0.227 e. The summed E-state index contributed by atoms with van der Waals surface area (Å²) in [5.74, 6) is 0.668. The van der Waals surface area contributed by atoms with Crippen LogP contribution in [0, 0.1) is 0 Å². The molecule has 0 bridgehead atoms. The number of benzene rings is 2. The fraction of sp³-hybridized carbons (Fsp3) is 0.211. The van der Waals surface area contributed by atoms with E-state index in [1.807, 2.05) is 24.3 Å². The average molecular weight is 382 g/mol. The average Bonchev–Trinajstić information content (AvgIpc) is 3.07. The second kappa shape index (κ2) is 6.62. The molecule has 1 aliphatic rings. The molecule has 1 aromatic heterocycles. The van der Waals surface area contributed by atoms with Crippen LogP contribution in [0.3, 0.4) is 0 Å². The molecule has 1 fully saturated rings. The Bertz CT molecular complexity index is 1130. The van der Waals surface area contributed by atoms with Gasteiger partial charge in [-0.05, 0) is 48.9 Å². The highest BCUT2D eigenvalue weighted by Crippen LogP contribution is 2.27. The van der Waals surface area contributed by atoms with Gasteiger partial charge in [0.25, 0.3) is 0 Å². The summed E-state index contributed by atoms with van der Waals surface area (Å²) in [5, 5.41) is 3.83. The molecule has 3 aromatic rings. The predicted molar refractivity (Wildman–Crippen MR) is 104 cm³/mol. The second-order valence-electron chi connectivity index (χ2n) is 6.49. The van der Waals surface area contributed by atoms with Gasteiger partial charge in [-0.1, -0.05) is 0 Å². The van der Waals surface area contributed by atoms with Gasteiger partial charge in [-0.15, -0.1) is 0 Å². The molecule has 0 unspecified atom stereocenters. The minimum Gasteiger partial charge on any atom is -0.340 e. The predicted octanol–water partition coefficient (Wildman–Crippen LogP) is 2.90. The van der Waals surface area contributed by atoms with Crippen molar-refractivity contribution in [3.05, 3.63) is 48.8 Å². The van der Waals surface area contributed by atoms with E-state index in [0.717, 1.165) is 24.3 Å². The number of carbonyl (C=O) groups is 1. The third-order valence-corrected chi connectivity index (χ3v) is 5.66. The standard InChI is InChI=1S/C19H18N4O3S/c1-27(25,26)15-8-9-17-16(11-15)19(21-12-20-17)22-13-4-6-14(7-5-13)23-10-2-3-18(23)24/h4-9,11-12H,2-3,10H2,1H3,(H,20,21,22). The molecule has 1 aliphatic heterocycles. The number of rotatable bonds is 4. The maximum absolute atomic E-state index is 11.9. The molecule has 2 aromatic carbocycles. The molecule has 7 nitrogen and oxygen atoms in total. The van der Waals surface area contributed by atoms with Crippen molar-refractivity contribution >= 4 is 43.8 Å². The summed E-state index contributed by atoms with van der Waals surface area (Å²) in [6.07, 6.45) is 4.08. The van der Waals surface area contributed by atoms with E-state index in [-0.39, 0.29) is 10.8 Å². The Morgan fingerprint density at radius 3 is 2.52 bits per heavy atom. The maximum atomic E-state index is 11.9. The number of amides is 1. The molecule has 2 heterocycles. The van der Waals surface area contributed by atoms with Gasteiger partial charge in [0.05, 0.1) is 10.4 Å². The molecule has 0 radical (unpaired) electrons. The number of aromatic nitrogens is 2. The minimum atomic E-state index is -3.33. The van der Waals surface area contributed by atoms with Gasteiger partial charge in [0.1, 0.15) is 12.1 Å². The molecule has 0 saturated carbocycles. The van der Waals surface area contributed by atoms with Gasteiger partial charge in [0, 0.05) is 36.0 Å². The van der Waals surface area contributed by atoms with Crippen LogP contribution in [0.5, 0.6) is 0 Å². The molecule has 0 atom stereocenters. The Hall–Kier alpha value is -3.00. The molecular weight excluding hydrogens is 364 g/mol. The van der Waals surface area contributed by atoms with E-state index in [1.165, 1.54) is 18.6 Å². The third-order valence-electron chi connectivity index (χ3n) is 4.55. The monoisotopic (exact) mass is 382 g/mol. The lowest BCUT2D eigenvalue weighted by molar-refractivity contribution is -0.117. The lowest BCUT2D eigenvalue weighted by Gasteiger charge is -2.16. The van der Waals surface area contributed by atoms with E-state index < -0.39 is 9.84 Å². The molecule has 0 aliphatic carbocycles. The number of nitrogens with one attached hydrogen (secondary N) is 1. The molecular formula is C19H18N4O3S. The van der Waals surface area contributed by atoms with Crippen molar-refractivity contribution in [2.45, 2.75) is 17.7 Å². The van der Waals surface area contributed by atoms with Crippen molar-refractivity contribution in [1.82, 2.24) is 9.97 Å². The number of fused-ring (bicyclic) bond motifs is 1. The molecule has 8 heteroatoms. The maximum Gasteiger partial charge on any atom is 0.227 e. The molecule has 1 N–H and O–H groups in total. The first-order valence-corrected chi connectivity index (χ1v) is 10.4. The Balaban J connectivity index is 1.66.